The highest BCUT2D eigenvalue weighted by Crippen LogP contribution is 2.33. The summed E-state index contributed by atoms with van der Waals surface area (Å²) in [5.74, 6) is -7.03. The van der Waals surface area contributed by atoms with Crippen LogP contribution in [-0.2, 0) is 81.7 Å². The molecule has 0 saturated heterocycles. The Labute approximate surface area is 476 Å². The van der Waals surface area contributed by atoms with Crippen LogP contribution in [0.1, 0.15) is 116 Å². The van der Waals surface area contributed by atoms with Crippen LogP contribution in [0.25, 0.3) is 0 Å². The molecular weight excluding hydrogens is 1050 g/mol. The lowest BCUT2D eigenvalue weighted by Gasteiger charge is -2.27. The van der Waals surface area contributed by atoms with E-state index >= 15 is 0 Å². The van der Waals surface area contributed by atoms with Gasteiger partial charge in [0.05, 0.1) is 24.7 Å². The Balaban J connectivity index is 2.16. The molecule has 0 aliphatic rings. The second-order valence-electron chi connectivity index (χ2n) is 19.1. The average molecular weight is 1130 g/mol. The maximum Gasteiger partial charge on any atom is 0.330 e. The summed E-state index contributed by atoms with van der Waals surface area (Å²) in [5.41, 5.74) is 1.25. The van der Waals surface area contributed by atoms with Crippen molar-refractivity contribution in [2.45, 2.75) is 128 Å². The van der Waals surface area contributed by atoms with E-state index in [1.54, 1.807) is 30.3 Å². The van der Waals surface area contributed by atoms with Gasteiger partial charge < -0.3 is 52.5 Å². The van der Waals surface area contributed by atoms with Crippen LogP contribution in [0, 0.1) is 11.8 Å². The Morgan fingerprint density at radius 3 is 1.26 bits per heavy atom. The second-order valence-corrected chi connectivity index (χ2v) is 19.1. The first kappa shape index (κ1) is 69.3. The number of carbonyl (C=O) groups is 8. The Morgan fingerprint density at radius 1 is 0.481 bits per heavy atom. The van der Waals surface area contributed by atoms with Crippen molar-refractivity contribution >= 4 is 47.8 Å². The molecule has 0 bridgehead atoms. The van der Waals surface area contributed by atoms with Crippen molar-refractivity contribution in [2.24, 2.45) is 11.8 Å². The fourth-order valence-electron chi connectivity index (χ4n) is 7.40. The van der Waals surface area contributed by atoms with Crippen LogP contribution in [0.3, 0.4) is 0 Å². The number of hydrogen-bond acceptors (Lipinski definition) is 19. The van der Waals surface area contributed by atoms with Gasteiger partial charge in [0.1, 0.15) is 70.5 Å². The molecule has 5 atom stereocenters. The van der Waals surface area contributed by atoms with Crippen molar-refractivity contribution in [1.82, 2.24) is 0 Å². The van der Waals surface area contributed by atoms with Gasteiger partial charge in [-0.3, -0.25) is 19.2 Å². The van der Waals surface area contributed by atoms with Gasteiger partial charge in [0.15, 0.2) is 12.2 Å². The van der Waals surface area contributed by atoms with E-state index in [0.717, 1.165) is 86.8 Å². The zero-order valence-electron chi connectivity index (χ0n) is 47.4. The molecule has 2 aromatic rings. The van der Waals surface area contributed by atoms with Crippen molar-refractivity contribution in [2.75, 3.05) is 52.9 Å². The van der Waals surface area contributed by atoms with Crippen LogP contribution in [0.5, 0.6) is 11.5 Å². The molecule has 0 aliphatic carbocycles. The molecule has 0 spiro atoms. The van der Waals surface area contributed by atoms with Crippen LogP contribution in [-0.4, -0.2) is 124 Å². The number of ether oxygens (including phenoxy) is 10. The zero-order valence-corrected chi connectivity index (χ0v) is 47.4. The standard InChI is InChI=1S/C62H82O19/c1-9-15-17-19-21-23-25-45(60(70)73-36-35-72-54(64)11-3)37-58(68)80-52(43-77-56(66)13-5)41-74-50-31-27-47(28-32-50)62(7,8)48-29-33-51(34-30-48)75-42-53(44-78-57(67)14-6)81-59(69)38-46(26-24-22-20-18-16-10-2)61(71)79-40-49(63)39-76-55(65)12-4/h11-14,21-24,27-34,45-46,49,52-53,63H,3-6,9-10,15-20,25-26,35-44H2,1-2,7-8H3. The fraction of sp³-hybridized carbons (Fsp3) is 0.484. The number of benzene rings is 2. The van der Waals surface area contributed by atoms with E-state index in [0.29, 0.717) is 11.5 Å². The minimum Gasteiger partial charge on any atom is -0.490 e. The molecule has 19 heteroatoms. The molecule has 0 fully saturated rings. The van der Waals surface area contributed by atoms with Crippen LogP contribution < -0.4 is 9.47 Å². The number of aliphatic hydroxyl groups excluding tert-OH is 1. The number of hydrogen-bond donors (Lipinski definition) is 1. The Morgan fingerprint density at radius 2 is 0.852 bits per heavy atom. The highest BCUT2D eigenvalue weighted by Gasteiger charge is 2.29. The monoisotopic (exact) mass is 1130 g/mol. The van der Waals surface area contributed by atoms with E-state index < -0.39 is 103 Å². The molecule has 1 N–H and O–H groups in total. The van der Waals surface area contributed by atoms with Crippen molar-refractivity contribution in [3.8, 4) is 11.5 Å². The first-order chi connectivity index (χ1) is 38.9. The number of unbranched alkanes of at least 4 members (excludes halogenated alkanes) is 6. The van der Waals surface area contributed by atoms with E-state index in [4.69, 9.17) is 47.4 Å². The van der Waals surface area contributed by atoms with E-state index in [9.17, 15) is 43.5 Å². The minimum absolute atomic E-state index is 0.134. The zero-order chi connectivity index (χ0) is 59.8. The fourth-order valence-corrected chi connectivity index (χ4v) is 7.40. The highest BCUT2D eigenvalue weighted by atomic mass is 16.6. The Hall–Kier alpha value is -7.80. The van der Waals surface area contributed by atoms with E-state index in [2.05, 4.69) is 40.2 Å². The molecule has 19 nitrogen and oxygen atoms in total. The summed E-state index contributed by atoms with van der Waals surface area (Å²) in [6, 6.07) is 14.4. The van der Waals surface area contributed by atoms with Gasteiger partial charge in [-0.15, -0.1) is 0 Å². The first-order valence-corrected chi connectivity index (χ1v) is 27.2. The molecule has 0 aromatic heterocycles. The number of esters is 8. The summed E-state index contributed by atoms with van der Waals surface area (Å²) in [4.78, 5) is 99.8. The maximum atomic E-state index is 13.4. The summed E-state index contributed by atoms with van der Waals surface area (Å²) in [6.07, 6.45) is 15.1. The number of rotatable bonds is 43. The molecule has 0 saturated carbocycles. The summed E-state index contributed by atoms with van der Waals surface area (Å²) in [6.45, 7) is 19.1. The predicted octanol–water partition coefficient (Wildman–Crippen LogP) is 9.02. The molecule has 0 heterocycles. The van der Waals surface area contributed by atoms with Gasteiger partial charge >= 0.3 is 47.8 Å². The van der Waals surface area contributed by atoms with Gasteiger partial charge in [-0.1, -0.05) is 128 Å². The van der Waals surface area contributed by atoms with Gasteiger partial charge in [0.2, 0.25) is 0 Å². The molecule has 2 aromatic carbocycles. The molecular formula is C62H82O19. The topological polar surface area (TPSA) is 249 Å². The van der Waals surface area contributed by atoms with E-state index in [1.807, 2.05) is 56.3 Å². The molecule has 2 rings (SSSR count). The predicted molar refractivity (Wildman–Crippen MR) is 300 cm³/mol. The lowest BCUT2D eigenvalue weighted by Crippen LogP contribution is -2.33. The summed E-state index contributed by atoms with van der Waals surface area (Å²) >= 11 is 0. The molecule has 0 radical (unpaired) electrons. The largest absolute Gasteiger partial charge is 0.490 e. The van der Waals surface area contributed by atoms with Gasteiger partial charge in [-0.05, 0) is 73.9 Å². The van der Waals surface area contributed by atoms with Crippen molar-refractivity contribution in [3.63, 3.8) is 0 Å². The van der Waals surface area contributed by atoms with Crippen LogP contribution in [0.15, 0.2) is 123 Å². The highest BCUT2D eigenvalue weighted by molar-refractivity contribution is 5.83. The van der Waals surface area contributed by atoms with Gasteiger partial charge in [-0.25, -0.2) is 19.2 Å². The van der Waals surface area contributed by atoms with Crippen LogP contribution in [0.4, 0.5) is 0 Å². The number of allylic oxidation sites excluding steroid dienone is 4. The van der Waals surface area contributed by atoms with Crippen molar-refractivity contribution in [3.05, 3.63) is 135 Å². The van der Waals surface area contributed by atoms with Crippen molar-refractivity contribution in [1.29, 1.82) is 0 Å². The lowest BCUT2D eigenvalue weighted by molar-refractivity contribution is -0.164. The second kappa shape index (κ2) is 40.4. The quantitative estimate of drug-likeness (QED) is 0.0214. The summed E-state index contributed by atoms with van der Waals surface area (Å²) < 4.78 is 54.1. The maximum absolute atomic E-state index is 13.4. The molecule has 5 unspecified atom stereocenters. The summed E-state index contributed by atoms with van der Waals surface area (Å²) in [7, 11) is 0. The SMILES string of the molecule is C=CC(=O)OCCOC(=O)C(CC=CCCCCC)CC(=O)OC(COC(=O)C=C)COc1ccc(C(C)(C)c2ccc(OCC(COC(=O)C=C)OC(=O)CC(CC=CCCCCC)C(=O)OCC(O)COC(=O)C=C)cc2)cc1. The molecule has 0 aliphatic heterocycles. The summed E-state index contributed by atoms with van der Waals surface area (Å²) in [5, 5.41) is 10.2. The average Bonchev–Trinajstić information content (AvgIpc) is 3.51. The third-order valence-electron chi connectivity index (χ3n) is 12.1. The van der Waals surface area contributed by atoms with Crippen LogP contribution >= 0.6 is 0 Å². The number of carbonyl (C=O) groups excluding carboxylic acids is 8. The third-order valence-corrected chi connectivity index (χ3v) is 12.1. The van der Waals surface area contributed by atoms with E-state index in [1.165, 1.54) is 0 Å². The normalized spacial score (nSPS) is 13.0. The minimum atomic E-state index is -1.31. The smallest absolute Gasteiger partial charge is 0.330 e. The Bertz CT molecular complexity index is 2370. The van der Waals surface area contributed by atoms with Gasteiger partial charge in [0, 0.05) is 29.7 Å². The number of aliphatic hydroxyl groups is 1. The van der Waals surface area contributed by atoms with Crippen molar-refractivity contribution < 1.29 is 90.8 Å². The van der Waals surface area contributed by atoms with E-state index in [-0.39, 0.29) is 58.9 Å². The van der Waals surface area contributed by atoms with Gasteiger partial charge in [-0.2, -0.15) is 0 Å². The first-order valence-electron chi connectivity index (χ1n) is 27.2. The van der Waals surface area contributed by atoms with Crippen LogP contribution in [0.2, 0.25) is 0 Å². The Kier molecular flexibility index (Phi) is 34.6. The lowest BCUT2D eigenvalue weighted by atomic mass is 9.78. The molecule has 444 valence electrons. The molecule has 0 amide bonds. The molecule has 81 heavy (non-hydrogen) atoms. The third kappa shape index (κ3) is 29.8. The van der Waals surface area contributed by atoms with Gasteiger partial charge in [0.25, 0.3) is 0 Å².